The molecule has 1 aromatic carbocycles. The predicted octanol–water partition coefficient (Wildman–Crippen LogP) is 3.64. The van der Waals surface area contributed by atoms with Crippen molar-refractivity contribution < 1.29 is 0 Å². The van der Waals surface area contributed by atoms with E-state index in [-0.39, 0.29) is 5.41 Å². The second-order valence-electron chi connectivity index (χ2n) is 4.22. The Morgan fingerprint density at radius 3 is 2.71 bits per heavy atom. The van der Waals surface area contributed by atoms with Crippen LogP contribution < -0.4 is 0 Å². The Labute approximate surface area is 92.9 Å². The zero-order chi connectivity index (χ0) is 10.2. The van der Waals surface area contributed by atoms with E-state index in [4.69, 9.17) is 0 Å². The summed E-state index contributed by atoms with van der Waals surface area (Å²) in [6.45, 7) is 2.20. The highest BCUT2D eigenvalue weighted by atomic mass is 79.9. The van der Waals surface area contributed by atoms with Gasteiger partial charge in [-0.15, -0.1) is 0 Å². The summed E-state index contributed by atoms with van der Waals surface area (Å²) >= 11 is 3.44. The van der Waals surface area contributed by atoms with E-state index in [2.05, 4.69) is 41.1 Å². The van der Waals surface area contributed by atoms with Crippen molar-refractivity contribution in [3.63, 3.8) is 0 Å². The third-order valence-electron chi connectivity index (χ3n) is 2.99. The summed E-state index contributed by atoms with van der Waals surface area (Å²) in [5, 5.41) is 9.23. The monoisotopic (exact) mass is 249 g/mol. The average Bonchev–Trinajstić information content (AvgIpc) is 2.12. The number of nitriles is 1. The minimum Gasteiger partial charge on any atom is -0.197 e. The molecule has 1 saturated carbocycles. The zero-order valence-corrected chi connectivity index (χ0v) is 9.71. The summed E-state index contributed by atoms with van der Waals surface area (Å²) in [4.78, 5) is 0. The van der Waals surface area contributed by atoms with Crippen molar-refractivity contribution in [1.82, 2.24) is 0 Å². The lowest BCUT2D eigenvalue weighted by atomic mass is 9.60. The molecule has 1 fully saturated rings. The Kier molecular flexibility index (Phi) is 2.36. The average molecular weight is 250 g/mol. The first-order chi connectivity index (χ1) is 6.66. The molecule has 0 atom stereocenters. The van der Waals surface area contributed by atoms with Crippen LogP contribution in [0, 0.1) is 17.2 Å². The first-order valence-corrected chi connectivity index (χ1v) is 5.63. The molecule has 0 bridgehead atoms. The van der Waals surface area contributed by atoms with Crippen LogP contribution in [0.5, 0.6) is 0 Å². The van der Waals surface area contributed by atoms with E-state index in [1.54, 1.807) is 0 Å². The number of hydrogen-bond donors (Lipinski definition) is 0. The lowest BCUT2D eigenvalue weighted by Crippen LogP contribution is -2.38. The molecule has 0 unspecified atom stereocenters. The van der Waals surface area contributed by atoms with Crippen LogP contribution in [0.1, 0.15) is 25.3 Å². The maximum atomic E-state index is 9.23. The molecule has 0 aliphatic heterocycles. The summed E-state index contributed by atoms with van der Waals surface area (Å²) in [6.07, 6.45) is 2.00. The molecule has 1 aliphatic rings. The molecule has 0 saturated heterocycles. The summed E-state index contributed by atoms with van der Waals surface area (Å²) in [6, 6.07) is 10.6. The van der Waals surface area contributed by atoms with Crippen LogP contribution in [0.25, 0.3) is 0 Å². The van der Waals surface area contributed by atoms with Gasteiger partial charge in [-0.2, -0.15) is 5.26 Å². The first kappa shape index (κ1) is 9.73. The van der Waals surface area contributed by atoms with Crippen LogP contribution in [0.15, 0.2) is 28.7 Å². The van der Waals surface area contributed by atoms with Gasteiger partial charge >= 0.3 is 0 Å². The van der Waals surface area contributed by atoms with Crippen LogP contribution in [-0.4, -0.2) is 0 Å². The van der Waals surface area contributed by atoms with Gasteiger partial charge in [-0.25, -0.2) is 0 Å². The third kappa shape index (κ3) is 1.46. The molecule has 0 amide bonds. The molecule has 14 heavy (non-hydrogen) atoms. The molecule has 0 aromatic heterocycles. The smallest absolute Gasteiger partial charge is 0.0827 e. The van der Waals surface area contributed by atoms with Gasteiger partial charge in [-0.1, -0.05) is 35.0 Å². The second kappa shape index (κ2) is 3.40. The van der Waals surface area contributed by atoms with Crippen LogP contribution in [0.4, 0.5) is 0 Å². The fraction of sp³-hybridized carbons (Fsp3) is 0.417. The van der Waals surface area contributed by atoms with Gasteiger partial charge in [0.25, 0.3) is 0 Å². The molecule has 72 valence electrons. The van der Waals surface area contributed by atoms with E-state index in [1.807, 2.05) is 12.1 Å². The van der Waals surface area contributed by atoms with Crippen molar-refractivity contribution in [2.45, 2.75) is 25.2 Å². The fourth-order valence-corrected chi connectivity index (χ4v) is 2.71. The number of benzene rings is 1. The van der Waals surface area contributed by atoms with Crippen LogP contribution >= 0.6 is 15.9 Å². The Balaban J connectivity index is 2.35. The van der Waals surface area contributed by atoms with Crippen LogP contribution in [0.3, 0.4) is 0 Å². The maximum Gasteiger partial charge on any atom is 0.0827 e. The Hall–Kier alpha value is -0.810. The molecular weight excluding hydrogens is 238 g/mol. The van der Waals surface area contributed by atoms with Gasteiger partial charge < -0.3 is 0 Å². The first-order valence-electron chi connectivity index (χ1n) is 4.83. The quantitative estimate of drug-likeness (QED) is 0.746. The van der Waals surface area contributed by atoms with E-state index in [0.29, 0.717) is 5.92 Å². The number of rotatable bonds is 1. The molecule has 0 N–H and O–H groups in total. The normalized spacial score (nSPS) is 30.5. The Morgan fingerprint density at radius 1 is 1.50 bits per heavy atom. The molecule has 2 rings (SSSR count). The van der Waals surface area contributed by atoms with Crippen molar-refractivity contribution in [2.75, 3.05) is 0 Å². The van der Waals surface area contributed by atoms with E-state index in [0.717, 1.165) is 22.9 Å². The van der Waals surface area contributed by atoms with Crippen LogP contribution in [-0.2, 0) is 5.41 Å². The lowest BCUT2D eigenvalue weighted by molar-refractivity contribution is 0.217. The van der Waals surface area contributed by atoms with Gasteiger partial charge in [0.05, 0.1) is 11.5 Å². The highest BCUT2D eigenvalue weighted by Crippen LogP contribution is 2.47. The molecule has 1 aliphatic carbocycles. The minimum atomic E-state index is -0.205. The van der Waals surface area contributed by atoms with Crippen molar-refractivity contribution in [3.8, 4) is 6.07 Å². The topological polar surface area (TPSA) is 23.8 Å². The molecule has 1 aromatic rings. The molecule has 0 spiro atoms. The van der Waals surface area contributed by atoms with E-state index in [9.17, 15) is 5.26 Å². The lowest BCUT2D eigenvalue weighted by Gasteiger charge is -2.41. The summed E-state index contributed by atoms with van der Waals surface area (Å²) < 4.78 is 1.06. The van der Waals surface area contributed by atoms with Crippen molar-refractivity contribution in [2.24, 2.45) is 5.92 Å². The standard InChI is InChI=1S/C12H12BrN/c1-9-6-12(7-9,8-14)10-3-2-4-11(13)5-10/h2-5,9H,6-7H2,1H3/t9-,12-. The largest absolute Gasteiger partial charge is 0.197 e. The van der Waals surface area contributed by atoms with Crippen molar-refractivity contribution >= 4 is 15.9 Å². The number of nitrogens with zero attached hydrogens (tertiary/aromatic N) is 1. The van der Waals surface area contributed by atoms with Gasteiger partial charge in [0, 0.05) is 4.47 Å². The van der Waals surface area contributed by atoms with Gasteiger partial charge in [0.15, 0.2) is 0 Å². The number of hydrogen-bond acceptors (Lipinski definition) is 1. The minimum absolute atomic E-state index is 0.205. The maximum absolute atomic E-state index is 9.23. The Bertz CT molecular complexity index is 386. The summed E-state index contributed by atoms with van der Waals surface area (Å²) in [7, 11) is 0. The fourth-order valence-electron chi connectivity index (χ4n) is 2.31. The molecule has 2 heteroatoms. The van der Waals surface area contributed by atoms with Gasteiger partial charge in [-0.3, -0.25) is 0 Å². The third-order valence-corrected chi connectivity index (χ3v) is 3.48. The van der Waals surface area contributed by atoms with Crippen LogP contribution in [0.2, 0.25) is 0 Å². The summed E-state index contributed by atoms with van der Waals surface area (Å²) in [5.41, 5.74) is 0.955. The number of halogens is 1. The second-order valence-corrected chi connectivity index (χ2v) is 5.13. The van der Waals surface area contributed by atoms with Gasteiger partial charge in [-0.05, 0) is 36.5 Å². The van der Waals surface area contributed by atoms with Gasteiger partial charge in [0.2, 0.25) is 0 Å². The molecule has 1 nitrogen and oxygen atoms in total. The van der Waals surface area contributed by atoms with E-state index < -0.39 is 0 Å². The highest BCUT2D eigenvalue weighted by Gasteiger charge is 2.43. The highest BCUT2D eigenvalue weighted by molar-refractivity contribution is 9.10. The SMILES string of the molecule is C[C@H]1C[C@](C#N)(c2cccc(Br)c2)C1. The molecular formula is C12H12BrN. The van der Waals surface area contributed by atoms with Gasteiger partial charge in [0.1, 0.15) is 0 Å². The summed E-state index contributed by atoms with van der Waals surface area (Å²) in [5.74, 6) is 0.689. The molecule has 0 radical (unpaired) electrons. The molecule has 0 heterocycles. The van der Waals surface area contributed by atoms with Crippen molar-refractivity contribution in [1.29, 1.82) is 5.26 Å². The zero-order valence-electron chi connectivity index (χ0n) is 8.13. The van der Waals surface area contributed by atoms with E-state index in [1.165, 1.54) is 0 Å². The Morgan fingerprint density at radius 2 is 2.21 bits per heavy atom. The predicted molar refractivity (Wildman–Crippen MR) is 59.8 cm³/mol. The van der Waals surface area contributed by atoms with Crippen molar-refractivity contribution in [3.05, 3.63) is 34.3 Å². The van der Waals surface area contributed by atoms with E-state index >= 15 is 0 Å².